The lowest BCUT2D eigenvalue weighted by Gasteiger charge is -2.19. The van der Waals surface area contributed by atoms with Crippen molar-refractivity contribution in [3.05, 3.63) is 23.8 Å². The van der Waals surface area contributed by atoms with Gasteiger partial charge in [-0.25, -0.2) is 0 Å². The van der Waals surface area contributed by atoms with Crippen molar-refractivity contribution in [2.24, 2.45) is 0 Å². The highest BCUT2D eigenvalue weighted by molar-refractivity contribution is 5.43. The first-order valence-electron chi connectivity index (χ1n) is 6.58. The number of benzene rings is 1. The van der Waals surface area contributed by atoms with E-state index in [9.17, 15) is 0 Å². The quantitative estimate of drug-likeness (QED) is 0.706. The first kappa shape index (κ1) is 13.9. The predicted molar refractivity (Wildman–Crippen MR) is 72.0 cm³/mol. The summed E-state index contributed by atoms with van der Waals surface area (Å²) in [4.78, 5) is 0. The van der Waals surface area contributed by atoms with Gasteiger partial charge in [0.15, 0.2) is 11.5 Å². The Hall–Kier alpha value is -1.18. The van der Waals surface area contributed by atoms with Crippen LogP contribution in [-0.2, 0) is 6.42 Å². The molecule has 0 amide bonds. The van der Waals surface area contributed by atoms with Gasteiger partial charge in [-0.15, -0.1) is 0 Å². The molecule has 0 aliphatic rings. The number of ether oxygens (including phenoxy) is 2. The van der Waals surface area contributed by atoms with Crippen molar-refractivity contribution in [2.75, 3.05) is 7.11 Å². The lowest BCUT2D eigenvalue weighted by molar-refractivity contribution is 0.178. The Morgan fingerprint density at radius 3 is 2.41 bits per heavy atom. The fourth-order valence-electron chi connectivity index (χ4n) is 1.88. The van der Waals surface area contributed by atoms with E-state index >= 15 is 0 Å². The van der Waals surface area contributed by atoms with Crippen LogP contribution in [0.1, 0.15) is 45.6 Å². The highest BCUT2D eigenvalue weighted by Crippen LogP contribution is 2.30. The second-order valence-corrected chi connectivity index (χ2v) is 4.28. The zero-order chi connectivity index (χ0) is 12.7. The van der Waals surface area contributed by atoms with Crippen LogP contribution in [0.3, 0.4) is 0 Å². The molecule has 1 unspecified atom stereocenters. The van der Waals surface area contributed by atoms with Crippen LogP contribution in [0.15, 0.2) is 18.2 Å². The maximum absolute atomic E-state index is 6.04. The summed E-state index contributed by atoms with van der Waals surface area (Å²) in [6, 6.07) is 6.18. The van der Waals surface area contributed by atoms with Crippen LogP contribution in [0.25, 0.3) is 0 Å². The maximum atomic E-state index is 6.04. The van der Waals surface area contributed by atoms with Gasteiger partial charge in [0.1, 0.15) is 0 Å². The minimum atomic E-state index is 0.293. The van der Waals surface area contributed by atoms with Crippen molar-refractivity contribution in [3.63, 3.8) is 0 Å². The molecule has 0 aromatic heterocycles. The molecule has 2 heteroatoms. The molecule has 0 aliphatic carbocycles. The number of aryl methyl sites for hydroxylation is 1. The summed E-state index contributed by atoms with van der Waals surface area (Å²) in [5, 5.41) is 0. The third-order valence-corrected chi connectivity index (χ3v) is 3.00. The van der Waals surface area contributed by atoms with Crippen LogP contribution < -0.4 is 9.47 Å². The molecule has 96 valence electrons. The fraction of sp³-hybridized carbons (Fsp3) is 0.600. The van der Waals surface area contributed by atoms with Crippen molar-refractivity contribution in [3.8, 4) is 11.5 Å². The third kappa shape index (κ3) is 3.95. The minimum Gasteiger partial charge on any atom is -0.493 e. The Labute approximate surface area is 105 Å². The maximum Gasteiger partial charge on any atom is 0.161 e. The summed E-state index contributed by atoms with van der Waals surface area (Å²) in [5.74, 6) is 1.71. The monoisotopic (exact) mass is 236 g/mol. The molecule has 1 aromatic rings. The largest absolute Gasteiger partial charge is 0.493 e. The van der Waals surface area contributed by atoms with Crippen LogP contribution in [0.2, 0.25) is 0 Å². The molecule has 0 saturated heterocycles. The van der Waals surface area contributed by atoms with Crippen LogP contribution in [0.4, 0.5) is 0 Å². The third-order valence-electron chi connectivity index (χ3n) is 3.00. The van der Waals surface area contributed by atoms with Gasteiger partial charge in [-0.3, -0.25) is 0 Å². The Morgan fingerprint density at radius 1 is 1.12 bits per heavy atom. The van der Waals surface area contributed by atoms with Gasteiger partial charge in [-0.1, -0.05) is 33.3 Å². The molecule has 1 rings (SSSR count). The Bertz CT molecular complexity index is 334. The molecule has 0 radical (unpaired) electrons. The summed E-state index contributed by atoms with van der Waals surface area (Å²) in [7, 11) is 1.69. The number of methoxy groups -OCH3 is 1. The Morgan fingerprint density at radius 2 is 1.88 bits per heavy atom. The molecule has 1 aromatic carbocycles. The minimum absolute atomic E-state index is 0.293. The van der Waals surface area contributed by atoms with E-state index < -0.39 is 0 Å². The van der Waals surface area contributed by atoms with Crippen LogP contribution >= 0.6 is 0 Å². The van der Waals surface area contributed by atoms with E-state index in [1.165, 1.54) is 5.56 Å². The van der Waals surface area contributed by atoms with E-state index in [1.54, 1.807) is 7.11 Å². The van der Waals surface area contributed by atoms with Crippen LogP contribution in [0.5, 0.6) is 11.5 Å². The highest BCUT2D eigenvalue weighted by atomic mass is 16.5. The number of hydrogen-bond acceptors (Lipinski definition) is 2. The van der Waals surface area contributed by atoms with Crippen LogP contribution in [-0.4, -0.2) is 13.2 Å². The lowest BCUT2D eigenvalue weighted by Crippen LogP contribution is -2.15. The zero-order valence-corrected chi connectivity index (χ0v) is 11.5. The van der Waals surface area contributed by atoms with E-state index in [0.29, 0.717) is 6.10 Å². The van der Waals surface area contributed by atoms with Gasteiger partial charge in [0.25, 0.3) is 0 Å². The van der Waals surface area contributed by atoms with Gasteiger partial charge < -0.3 is 9.47 Å². The predicted octanol–water partition coefficient (Wildman–Crippen LogP) is 4.22. The van der Waals surface area contributed by atoms with Gasteiger partial charge >= 0.3 is 0 Å². The molecule has 0 aliphatic heterocycles. The normalized spacial score (nSPS) is 12.2. The molecule has 0 saturated carbocycles. The van der Waals surface area contributed by atoms with E-state index in [0.717, 1.165) is 37.2 Å². The summed E-state index contributed by atoms with van der Waals surface area (Å²) in [6.45, 7) is 6.50. The molecular formula is C15H24O2. The van der Waals surface area contributed by atoms with E-state index in [4.69, 9.17) is 9.47 Å². The topological polar surface area (TPSA) is 18.5 Å². The summed E-state index contributed by atoms with van der Waals surface area (Å²) in [6.07, 6.45) is 4.59. The Balaban J connectivity index is 2.85. The molecule has 1 atom stereocenters. The number of rotatable bonds is 7. The van der Waals surface area contributed by atoms with Crippen molar-refractivity contribution < 1.29 is 9.47 Å². The summed E-state index contributed by atoms with van der Waals surface area (Å²) >= 11 is 0. The van der Waals surface area contributed by atoms with Crippen molar-refractivity contribution >= 4 is 0 Å². The average Bonchev–Trinajstić information content (AvgIpc) is 2.38. The number of hydrogen-bond donors (Lipinski definition) is 0. The molecule has 0 fully saturated rings. The van der Waals surface area contributed by atoms with Gasteiger partial charge in [0.05, 0.1) is 13.2 Å². The van der Waals surface area contributed by atoms with Gasteiger partial charge in [-0.05, 0) is 37.0 Å². The van der Waals surface area contributed by atoms with E-state index in [1.807, 2.05) is 6.07 Å². The van der Waals surface area contributed by atoms with Gasteiger partial charge in [0, 0.05) is 0 Å². The summed E-state index contributed by atoms with van der Waals surface area (Å²) < 4.78 is 11.4. The molecule has 0 heterocycles. The second kappa shape index (κ2) is 7.21. The van der Waals surface area contributed by atoms with Crippen molar-refractivity contribution in [1.29, 1.82) is 0 Å². The molecule has 0 N–H and O–H groups in total. The van der Waals surface area contributed by atoms with E-state index in [2.05, 4.69) is 32.9 Å². The molecule has 17 heavy (non-hydrogen) atoms. The lowest BCUT2D eigenvalue weighted by atomic mass is 10.1. The van der Waals surface area contributed by atoms with Gasteiger partial charge in [0.2, 0.25) is 0 Å². The molecule has 0 spiro atoms. The SMILES string of the molecule is CCCC(CC)Oc1cc(CC)ccc1OC. The van der Waals surface area contributed by atoms with E-state index in [-0.39, 0.29) is 0 Å². The first-order valence-corrected chi connectivity index (χ1v) is 6.58. The molecular weight excluding hydrogens is 212 g/mol. The molecule has 2 nitrogen and oxygen atoms in total. The zero-order valence-electron chi connectivity index (χ0n) is 11.5. The average molecular weight is 236 g/mol. The Kier molecular flexibility index (Phi) is 5.88. The first-order chi connectivity index (χ1) is 8.24. The van der Waals surface area contributed by atoms with Gasteiger partial charge in [-0.2, -0.15) is 0 Å². The summed E-state index contributed by atoms with van der Waals surface area (Å²) in [5.41, 5.74) is 1.28. The highest BCUT2D eigenvalue weighted by Gasteiger charge is 2.11. The van der Waals surface area contributed by atoms with Crippen LogP contribution in [0, 0.1) is 0 Å². The van der Waals surface area contributed by atoms with Crippen molar-refractivity contribution in [1.82, 2.24) is 0 Å². The standard InChI is InChI=1S/C15H24O2/c1-5-8-13(7-3)17-15-11-12(6-2)9-10-14(15)16-4/h9-11,13H,5-8H2,1-4H3. The molecule has 0 bridgehead atoms. The van der Waals surface area contributed by atoms with Crippen molar-refractivity contribution in [2.45, 2.75) is 52.6 Å². The smallest absolute Gasteiger partial charge is 0.161 e. The second-order valence-electron chi connectivity index (χ2n) is 4.28. The fourth-order valence-corrected chi connectivity index (χ4v) is 1.88.